The van der Waals surface area contributed by atoms with Crippen molar-refractivity contribution in [2.45, 2.75) is 83.7 Å². The van der Waals surface area contributed by atoms with Crippen molar-refractivity contribution in [3.05, 3.63) is 35.5 Å². The molecule has 2 heterocycles. The highest BCUT2D eigenvalue weighted by Gasteiger charge is 2.60. The number of hydrogen-bond donors (Lipinski definition) is 0. The molecule has 0 N–H and O–H groups in total. The molecule has 3 aliphatic rings. The maximum atomic E-state index is 12.1. The molecule has 0 aromatic carbocycles. The van der Waals surface area contributed by atoms with Crippen LogP contribution in [0.2, 0.25) is 0 Å². The molecule has 0 amide bonds. The highest BCUT2D eigenvalue weighted by Crippen LogP contribution is 2.47. The van der Waals surface area contributed by atoms with Gasteiger partial charge < -0.3 is 14.2 Å². The summed E-state index contributed by atoms with van der Waals surface area (Å²) in [5.74, 6) is -0.917. The molecule has 5 nitrogen and oxygen atoms in total. The van der Waals surface area contributed by atoms with Gasteiger partial charge in [-0.25, -0.2) is 4.79 Å². The first kappa shape index (κ1) is 19.9. The van der Waals surface area contributed by atoms with Crippen LogP contribution in [0.5, 0.6) is 0 Å². The van der Waals surface area contributed by atoms with Gasteiger partial charge >= 0.3 is 11.9 Å². The first-order valence-corrected chi connectivity index (χ1v) is 9.78. The average molecular weight is 374 g/mol. The van der Waals surface area contributed by atoms with Crippen molar-refractivity contribution in [3.8, 4) is 0 Å². The molecule has 3 rings (SSSR count). The Bertz CT molecular complexity index is 703. The zero-order valence-corrected chi connectivity index (χ0v) is 16.7. The third-order valence-corrected chi connectivity index (χ3v) is 6.02. The highest BCUT2D eigenvalue weighted by molar-refractivity contribution is 5.91. The summed E-state index contributed by atoms with van der Waals surface area (Å²) < 4.78 is 17.2. The average Bonchev–Trinajstić information content (AvgIpc) is 3.18. The summed E-state index contributed by atoms with van der Waals surface area (Å²) in [6.07, 6.45) is 7.78. The van der Waals surface area contributed by atoms with E-state index in [9.17, 15) is 9.59 Å². The van der Waals surface area contributed by atoms with Crippen molar-refractivity contribution in [1.82, 2.24) is 0 Å². The second-order valence-electron chi connectivity index (χ2n) is 8.27. The zero-order valence-electron chi connectivity index (χ0n) is 16.7. The van der Waals surface area contributed by atoms with E-state index in [1.807, 2.05) is 13.0 Å². The number of allylic oxidation sites excluding steroid dienone is 3. The molecule has 2 fully saturated rings. The Morgan fingerprint density at radius 2 is 2.04 bits per heavy atom. The fourth-order valence-electron chi connectivity index (χ4n) is 4.16. The minimum absolute atomic E-state index is 0.0511. The highest BCUT2D eigenvalue weighted by atomic mass is 16.6. The molecule has 0 bridgehead atoms. The number of fused-ring (bicyclic) bond motifs is 2. The molecular formula is C22H30O5. The molecule has 0 aromatic rings. The third kappa shape index (κ3) is 4.34. The molecule has 0 saturated carbocycles. The van der Waals surface area contributed by atoms with Crippen molar-refractivity contribution < 1.29 is 23.8 Å². The van der Waals surface area contributed by atoms with E-state index in [-0.39, 0.29) is 30.1 Å². The fourth-order valence-corrected chi connectivity index (χ4v) is 4.16. The molecule has 5 atom stereocenters. The lowest BCUT2D eigenvalue weighted by Gasteiger charge is -2.26. The molecule has 0 spiro atoms. The van der Waals surface area contributed by atoms with Gasteiger partial charge in [-0.05, 0) is 59.0 Å². The lowest BCUT2D eigenvalue weighted by atomic mass is 9.84. The molecule has 0 radical (unpaired) electrons. The number of epoxide rings is 1. The van der Waals surface area contributed by atoms with E-state index in [0.29, 0.717) is 12.0 Å². The molecule has 0 unspecified atom stereocenters. The maximum Gasteiger partial charge on any atom is 0.334 e. The summed E-state index contributed by atoms with van der Waals surface area (Å²) in [5.41, 5.74) is 2.46. The molecule has 5 heteroatoms. The van der Waals surface area contributed by atoms with Crippen molar-refractivity contribution >= 4 is 11.9 Å². The quantitative estimate of drug-likeness (QED) is 0.300. The number of esters is 2. The van der Waals surface area contributed by atoms with E-state index < -0.39 is 11.7 Å². The maximum absolute atomic E-state index is 12.1. The van der Waals surface area contributed by atoms with Crippen LogP contribution in [0.4, 0.5) is 0 Å². The lowest BCUT2D eigenvalue weighted by molar-refractivity contribution is -0.151. The van der Waals surface area contributed by atoms with Gasteiger partial charge in [0.1, 0.15) is 17.8 Å². The van der Waals surface area contributed by atoms with Crippen LogP contribution in [-0.2, 0) is 23.8 Å². The molecule has 148 valence electrons. The number of ether oxygens (including phenoxy) is 3. The van der Waals surface area contributed by atoms with Gasteiger partial charge in [0.05, 0.1) is 6.10 Å². The lowest BCUT2D eigenvalue weighted by Crippen LogP contribution is -2.37. The van der Waals surface area contributed by atoms with Crippen molar-refractivity contribution in [3.63, 3.8) is 0 Å². The SMILES string of the molecule is C=C1C(=O)O[C@H]2/C=C(\C)CC/C=C(/C)CC[C@@H]3O[C@@]3(C)[C@H](OC(C)=O)C[C@@H]12. The molecule has 27 heavy (non-hydrogen) atoms. The Morgan fingerprint density at radius 1 is 1.30 bits per heavy atom. The van der Waals surface area contributed by atoms with Crippen molar-refractivity contribution in [1.29, 1.82) is 0 Å². The van der Waals surface area contributed by atoms with Crippen LogP contribution in [-0.4, -0.2) is 35.9 Å². The van der Waals surface area contributed by atoms with Crippen molar-refractivity contribution in [2.24, 2.45) is 5.92 Å². The van der Waals surface area contributed by atoms with E-state index in [4.69, 9.17) is 14.2 Å². The topological polar surface area (TPSA) is 65.1 Å². The normalized spacial score (nSPS) is 41.0. The van der Waals surface area contributed by atoms with E-state index in [1.54, 1.807) is 0 Å². The Balaban J connectivity index is 1.91. The van der Waals surface area contributed by atoms with Gasteiger partial charge in [0.15, 0.2) is 0 Å². The molecular weight excluding hydrogens is 344 g/mol. The van der Waals surface area contributed by atoms with Crippen LogP contribution >= 0.6 is 0 Å². The number of carbonyl (C=O) groups excluding carboxylic acids is 2. The van der Waals surface area contributed by atoms with Crippen LogP contribution in [0.1, 0.15) is 59.8 Å². The largest absolute Gasteiger partial charge is 0.459 e. The van der Waals surface area contributed by atoms with Crippen LogP contribution in [0.15, 0.2) is 35.5 Å². The van der Waals surface area contributed by atoms with Gasteiger partial charge in [-0.2, -0.15) is 0 Å². The van der Waals surface area contributed by atoms with Gasteiger partial charge in [-0.15, -0.1) is 0 Å². The Kier molecular flexibility index (Phi) is 5.61. The minimum atomic E-state index is -0.523. The molecule has 2 saturated heterocycles. The zero-order chi connectivity index (χ0) is 19.8. The Morgan fingerprint density at radius 3 is 2.74 bits per heavy atom. The van der Waals surface area contributed by atoms with E-state index >= 15 is 0 Å². The van der Waals surface area contributed by atoms with Gasteiger partial charge in [0.2, 0.25) is 0 Å². The predicted molar refractivity (Wildman–Crippen MR) is 102 cm³/mol. The van der Waals surface area contributed by atoms with E-state index in [1.165, 1.54) is 18.1 Å². The summed E-state index contributed by atoms with van der Waals surface area (Å²) in [6.45, 7) is 11.5. The van der Waals surface area contributed by atoms with Crippen LogP contribution in [0.3, 0.4) is 0 Å². The summed E-state index contributed by atoms with van der Waals surface area (Å²) in [6, 6.07) is 0. The molecule has 0 aromatic heterocycles. The smallest absolute Gasteiger partial charge is 0.334 e. The summed E-state index contributed by atoms with van der Waals surface area (Å²) in [4.78, 5) is 23.8. The first-order valence-electron chi connectivity index (χ1n) is 9.78. The van der Waals surface area contributed by atoms with E-state index in [2.05, 4.69) is 26.5 Å². The monoisotopic (exact) mass is 374 g/mol. The Hall–Kier alpha value is -1.88. The van der Waals surface area contributed by atoms with Gasteiger partial charge in [-0.1, -0.05) is 23.8 Å². The van der Waals surface area contributed by atoms with Crippen LogP contribution in [0, 0.1) is 5.92 Å². The first-order chi connectivity index (χ1) is 12.7. The molecule has 1 aliphatic carbocycles. The second-order valence-corrected chi connectivity index (χ2v) is 8.27. The van der Waals surface area contributed by atoms with Gasteiger partial charge in [-0.3, -0.25) is 4.79 Å². The number of rotatable bonds is 1. The predicted octanol–water partition coefficient (Wildman–Crippen LogP) is 4.03. The van der Waals surface area contributed by atoms with Crippen molar-refractivity contribution in [2.75, 3.05) is 0 Å². The number of hydrogen-bond acceptors (Lipinski definition) is 5. The minimum Gasteiger partial charge on any atom is -0.459 e. The third-order valence-electron chi connectivity index (χ3n) is 6.02. The summed E-state index contributed by atoms with van der Waals surface area (Å²) in [7, 11) is 0. The van der Waals surface area contributed by atoms with Crippen LogP contribution < -0.4 is 0 Å². The Labute approximate surface area is 161 Å². The number of carbonyl (C=O) groups is 2. The standard InChI is InChI=1S/C22H30O5/c1-13-7-6-8-14(2)11-18-17(15(3)21(24)26-18)12-20(25-16(4)23)22(5)19(27-22)10-9-13/h7,11,17-20H,3,6,8-10,12H2,1-2,4-5H3/b13-7-,14-11+/t17-,18-,19-,20+,22+/m0/s1. The summed E-state index contributed by atoms with van der Waals surface area (Å²) >= 11 is 0. The van der Waals surface area contributed by atoms with E-state index in [0.717, 1.165) is 25.7 Å². The van der Waals surface area contributed by atoms with Crippen LogP contribution in [0.25, 0.3) is 0 Å². The fraction of sp³-hybridized carbons (Fsp3) is 0.636. The van der Waals surface area contributed by atoms with Gasteiger partial charge in [0.25, 0.3) is 0 Å². The molecule has 2 aliphatic heterocycles. The summed E-state index contributed by atoms with van der Waals surface area (Å²) in [5, 5.41) is 0. The van der Waals surface area contributed by atoms with Gasteiger partial charge in [0, 0.05) is 18.4 Å². The second kappa shape index (κ2) is 7.63.